The molecule has 2 heterocycles. The molecule has 1 amide bonds. The molecule has 0 aliphatic carbocycles. The standard InChI is InChI=1S/C18H19N3O3S/c1-12-6-7-15(24-12)8-9-19-18(22)14-4-3-5-16(10-14)23-11-17-13(2)20-25-21-17/h3-7,10H,8-9,11H2,1-2H3,(H,19,22). The summed E-state index contributed by atoms with van der Waals surface area (Å²) in [7, 11) is 0. The first-order valence-corrected chi connectivity index (χ1v) is 8.69. The zero-order chi connectivity index (χ0) is 17.6. The molecule has 7 heteroatoms. The molecule has 0 spiro atoms. The van der Waals surface area contributed by atoms with Crippen LogP contribution in [0.15, 0.2) is 40.8 Å². The Balaban J connectivity index is 1.53. The van der Waals surface area contributed by atoms with Crippen LogP contribution in [0.2, 0.25) is 0 Å². The molecule has 25 heavy (non-hydrogen) atoms. The largest absolute Gasteiger partial charge is 0.487 e. The van der Waals surface area contributed by atoms with Crippen LogP contribution in [0.4, 0.5) is 0 Å². The van der Waals surface area contributed by atoms with E-state index in [2.05, 4.69) is 14.1 Å². The highest BCUT2D eigenvalue weighted by atomic mass is 32.1. The van der Waals surface area contributed by atoms with E-state index in [1.165, 1.54) is 11.7 Å². The molecule has 1 aromatic carbocycles. The van der Waals surface area contributed by atoms with Crippen molar-refractivity contribution in [2.45, 2.75) is 26.9 Å². The van der Waals surface area contributed by atoms with Gasteiger partial charge in [-0.2, -0.15) is 8.75 Å². The summed E-state index contributed by atoms with van der Waals surface area (Å²) >= 11 is 1.17. The molecule has 0 unspecified atom stereocenters. The van der Waals surface area contributed by atoms with E-state index < -0.39 is 0 Å². The maximum atomic E-state index is 12.3. The Kier molecular flexibility index (Phi) is 5.45. The van der Waals surface area contributed by atoms with Crippen molar-refractivity contribution in [1.82, 2.24) is 14.1 Å². The van der Waals surface area contributed by atoms with Gasteiger partial charge in [0.05, 0.1) is 17.4 Å². The lowest BCUT2D eigenvalue weighted by atomic mass is 10.2. The average molecular weight is 357 g/mol. The van der Waals surface area contributed by atoms with Gasteiger partial charge >= 0.3 is 0 Å². The summed E-state index contributed by atoms with van der Waals surface area (Å²) in [5.74, 6) is 2.22. The number of carbonyl (C=O) groups is 1. The molecular formula is C18H19N3O3S. The minimum absolute atomic E-state index is 0.139. The van der Waals surface area contributed by atoms with Crippen molar-refractivity contribution < 1.29 is 13.9 Å². The van der Waals surface area contributed by atoms with Crippen molar-refractivity contribution in [1.29, 1.82) is 0 Å². The van der Waals surface area contributed by atoms with Gasteiger partial charge in [0.15, 0.2) is 0 Å². The van der Waals surface area contributed by atoms with E-state index in [0.29, 0.717) is 30.9 Å². The maximum Gasteiger partial charge on any atom is 0.251 e. The van der Waals surface area contributed by atoms with Crippen molar-refractivity contribution in [2.24, 2.45) is 0 Å². The molecule has 6 nitrogen and oxygen atoms in total. The molecule has 0 atom stereocenters. The highest BCUT2D eigenvalue weighted by Crippen LogP contribution is 2.16. The van der Waals surface area contributed by atoms with Gasteiger partial charge in [-0.15, -0.1) is 0 Å². The number of nitrogens with zero attached hydrogens (tertiary/aromatic N) is 2. The van der Waals surface area contributed by atoms with Crippen LogP contribution in [0.5, 0.6) is 5.75 Å². The van der Waals surface area contributed by atoms with Crippen LogP contribution in [0.25, 0.3) is 0 Å². The zero-order valence-electron chi connectivity index (χ0n) is 14.1. The minimum Gasteiger partial charge on any atom is -0.487 e. The minimum atomic E-state index is -0.139. The van der Waals surface area contributed by atoms with Gasteiger partial charge in [-0.1, -0.05) is 6.07 Å². The third kappa shape index (κ3) is 4.67. The summed E-state index contributed by atoms with van der Waals surface area (Å²) in [5, 5.41) is 2.89. The monoisotopic (exact) mass is 357 g/mol. The molecule has 0 radical (unpaired) electrons. The molecule has 0 fully saturated rings. The van der Waals surface area contributed by atoms with Crippen LogP contribution in [-0.2, 0) is 13.0 Å². The number of benzene rings is 1. The van der Waals surface area contributed by atoms with Gasteiger partial charge in [0, 0.05) is 18.5 Å². The molecule has 130 valence electrons. The van der Waals surface area contributed by atoms with Gasteiger partial charge in [-0.3, -0.25) is 4.79 Å². The summed E-state index contributed by atoms with van der Waals surface area (Å²) in [6.45, 7) is 4.65. The predicted octanol–water partition coefficient (Wildman–Crippen LogP) is 3.30. The Bertz CT molecular complexity index is 857. The number of carbonyl (C=O) groups excluding carboxylic acids is 1. The lowest BCUT2D eigenvalue weighted by Gasteiger charge is -2.08. The SMILES string of the molecule is Cc1ccc(CCNC(=O)c2cccc(OCc3nsnc3C)c2)o1. The van der Waals surface area contributed by atoms with Gasteiger partial charge < -0.3 is 14.5 Å². The summed E-state index contributed by atoms with van der Waals surface area (Å²) in [6, 6.07) is 10.9. The van der Waals surface area contributed by atoms with Gasteiger partial charge in [0.1, 0.15) is 29.6 Å². The third-order valence-electron chi connectivity index (χ3n) is 3.67. The molecule has 0 saturated heterocycles. The van der Waals surface area contributed by atoms with Gasteiger partial charge in [0.2, 0.25) is 0 Å². The Labute approximate surface area is 150 Å². The number of furan rings is 1. The topological polar surface area (TPSA) is 77.2 Å². The average Bonchev–Trinajstić information content (AvgIpc) is 3.21. The summed E-state index contributed by atoms with van der Waals surface area (Å²) in [4.78, 5) is 12.3. The van der Waals surface area contributed by atoms with Gasteiger partial charge in [0.25, 0.3) is 5.91 Å². The van der Waals surface area contributed by atoms with E-state index in [1.54, 1.807) is 18.2 Å². The highest BCUT2D eigenvalue weighted by molar-refractivity contribution is 6.99. The number of ether oxygens (including phenoxy) is 1. The smallest absolute Gasteiger partial charge is 0.251 e. The zero-order valence-corrected chi connectivity index (χ0v) is 14.9. The molecule has 0 aliphatic rings. The van der Waals surface area contributed by atoms with Crippen LogP contribution in [0.3, 0.4) is 0 Å². The summed E-state index contributed by atoms with van der Waals surface area (Å²) in [5.41, 5.74) is 2.24. The van der Waals surface area contributed by atoms with Crippen molar-refractivity contribution in [3.63, 3.8) is 0 Å². The Hall–Kier alpha value is -2.67. The lowest BCUT2D eigenvalue weighted by Crippen LogP contribution is -2.25. The van der Waals surface area contributed by atoms with E-state index in [1.807, 2.05) is 32.0 Å². The van der Waals surface area contributed by atoms with E-state index >= 15 is 0 Å². The van der Waals surface area contributed by atoms with Crippen LogP contribution >= 0.6 is 11.7 Å². The first kappa shape index (κ1) is 17.2. The number of rotatable bonds is 7. The van der Waals surface area contributed by atoms with Gasteiger partial charge in [-0.25, -0.2) is 0 Å². The molecule has 1 N–H and O–H groups in total. The fraction of sp³-hybridized carbons (Fsp3) is 0.278. The van der Waals surface area contributed by atoms with Crippen molar-refractivity contribution in [3.05, 3.63) is 64.9 Å². The first-order chi connectivity index (χ1) is 12.1. The molecule has 0 bridgehead atoms. The second-order valence-corrected chi connectivity index (χ2v) is 6.16. The molecule has 0 saturated carbocycles. The van der Waals surface area contributed by atoms with Crippen LogP contribution in [-0.4, -0.2) is 21.2 Å². The molecule has 3 rings (SSSR count). The molecule has 2 aromatic heterocycles. The summed E-state index contributed by atoms with van der Waals surface area (Å²) < 4.78 is 19.5. The van der Waals surface area contributed by atoms with Crippen LogP contribution in [0, 0.1) is 13.8 Å². The maximum absolute atomic E-state index is 12.3. The van der Waals surface area contributed by atoms with Crippen LogP contribution in [0.1, 0.15) is 33.3 Å². The lowest BCUT2D eigenvalue weighted by molar-refractivity contribution is 0.0953. The molecule has 3 aromatic rings. The fourth-order valence-electron chi connectivity index (χ4n) is 2.28. The molecule has 0 aliphatic heterocycles. The van der Waals surface area contributed by atoms with E-state index in [0.717, 1.165) is 22.9 Å². The molecular weight excluding hydrogens is 338 g/mol. The number of amides is 1. The summed E-state index contributed by atoms with van der Waals surface area (Å²) in [6.07, 6.45) is 0.659. The fourth-order valence-corrected chi connectivity index (χ4v) is 2.83. The van der Waals surface area contributed by atoms with E-state index in [-0.39, 0.29) is 5.91 Å². The normalized spacial score (nSPS) is 10.6. The first-order valence-electron chi connectivity index (χ1n) is 7.96. The highest BCUT2D eigenvalue weighted by Gasteiger charge is 2.09. The van der Waals surface area contributed by atoms with Crippen LogP contribution < -0.4 is 10.1 Å². The van der Waals surface area contributed by atoms with E-state index in [9.17, 15) is 4.79 Å². The third-order valence-corrected chi connectivity index (χ3v) is 4.33. The number of aryl methyl sites for hydroxylation is 2. The Morgan fingerprint density at radius 2 is 2.12 bits per heavy atom. The van der Waals surface area contributed by atoms with Crippen molar-refractivity contribution in [2.75, 3.05) is 6.54 Å². The van der Waals surface area contributed by atoms with E-state index in [4.69, 9.17) is 9.15 Å². The number of nitrogens with one attached hydrogen (secondary N) is 1. The van der Waals surface area contributed by atoms with Gasteiger partial charge in [-0.05, 0) is 44.2 Å². The number of hydrogen-bond acceptors (Lipinski definition) is 6. The Morgan fingerprint density at radius 3 is 2.84 bits per heavy atom. The number of aromatic nitrogens is 2. The quantitative estimate of drug-likeness (QED) is 0.702. The van der Waals surface area contributed by atoms with Crippen molar-refractivity contribution >= 4 is 17.6 Å². The second-order valence-electron chi connectivity index (χ2n) is 5.63. The Morgan fingerprint density at radius 1 is 1.24 bits per heavy atom. The van der Waals surface area contributed by atoms with Crippen molar-refractivity contribution in [3.8, 4) is 5.75 Å². The number of hydrogen-bond donors (Lipinski definition) is 1. The second kappa shape index (κ2) is 7.94. The predicted molar refractivity (Wildman–Crippen MR) is 94.9 cm³/mol.